The number of carbonyl (C=O) groups is 2. The minimum Gasteiger partial charge on any atom is -0.339 e. The number of alkyl halides is 3. The highest BCUT2D eigenvalue weighted by molar-refractivity contribution is 8.00. The van der Waals surface area contributed by atoms with Crippen LogP contribution in [0.3, 0.4) is 0 Å². The van der Waals surface area contributed by atoms with Gasteiger partial charge in [-0.2, -0.15) is 13.2 Å². The van der Waals surface area contributed by atoms with Gasteiger partial charge in [-0.3, -0.25) is 9.59 Å². The van der Waals surface area contributed by atoms with Gasteiger partial charge in [-0.15, -0.1) is 0 Å². The van der Waals surface area contributed by atoms with Crippen LogP contribution >= 0.6 is 11.8 Å². The van der Waals surface area contributed by atoms with Gasteiger partial charge in [0.1, 0.15) is 0 Å². The normalized spacial score (nSPS) is 15.8. The van der Waals surface area contributed by atoms with Gasteiger partial charge >= 0.3 is 5.51 Å². The van der Waals surface area contributed by atoms with Crippen LogP contribution in [0.2, 0.25) is 0 Å². The van der Waals surface area contributed by atoms with Gasteiger partial charge in [-0.05, 0) is 35.5 Å². The predicted octanol–water partition coefficient (Wildman–Crippen LogP) is 3.00. The Balaban J connectivity index is 1.89. The van der Waals surface area contributed by atoms with Crippen molar-refractivity contribution in [3.05, 3.63) is 35.9 Å². The highest BCUT2D eigenvalue weighted by atomic mass is 32.2. The third kappa shape index (κ3) is 5.59. The van der Waals surface area contributed by atoms with Gasteiger partial charge < -0.3 is 9.80 Å². The Morgan fingerprint density at radius 1 is 1.04 bits per heavy atom. The molecule has 0 unspecified atom stereocenters. The van der Waals surface area contributed by atoms with Gasteiger partial charge in [0.05, 0.1) is 0 Å². The van der Waals surface area contributed by atoms with Crippen LogP contribution in [0.5, 0.6) is 0 Å². The fourth-order valence-corrected chi connectivity index (χ4v) is 2.83. The fourth-order valence-electron chi connectivity index (χ4n) is 2.30. The van der Waals surface area contributed by atoms with E-state index in [2.05, 4.69) is 0 Å². The summed E-state index contributed by atoms with van der Waals surface area (Å²) < 4.78 is 36.8. The second-order valence-electron chi connectivity index (χ2n) is 5.28. The minimum absolute atomic E-state index is 0.00513. The van der Waals surface area contributed by atoms with Gasteiger partial charge in [0, 0.05) is 44.1 Å². The Kier molecular flexibility index (Phi) is 5.93. The van der Waals surface area contributed by atoms with E-state index in [-0.39, 0.29) is 28.5 Å². The first kappa shape index (κ1) is 18.4. The lowest BCUT2D eigenvalue weighted by Gasteiger charge is -2.33. The van der Waals surface area contributed by atoms with Crippen LogP contribution in [-0.4, -0.2) is 53.3 Å². The molecule has 1 aliphatic rings. The third-order valence-corrected chi connectivity index (χ3v) is 4.31. The maximum absolute atomic E-state index is 12.3. The van der Waals surface area contributed by atoms with Crippen molar-refractivity contribution >= 4 is 29.7 Å². The van der Waals surface area contributed by atoms with E-state index in [0.717, 1.165) is 0 Å². The largest absolute Gasteiger partial charge is 0.446 e. The molecule has 0 atom stereocenters. The molecule has 2 rings (SSSR count). The summed E-state index contributed by atoms with van der Waals surface area (Å²) in [6, 6.07) is 5.80. The average molecular weight is 358 g/mol. The Morgan fingerprint density at radius 2 is 1.58 bits per heavy atom. The van der Waals surface area contributed by atoms with E-state index in [1.165, 1.54) is 37.3 Å². The molecular formula is C16H17F3N2O2S. The predicted molar refractivity (Wildman–Crippen MR) is 86.2 cm³/mol. The van der Waals surface area contributed by atoms with Crippen molar-refractivity contribution in [2.45, 2.75) is 17.3 Å². The van der Waals surface area contributed by atoms with Gasteiger partial charge in [-0.25, -0.2) is 0 Å². The van der Waals surface area contributed by atoms with Gasteiger partial charge in [0.2, 0.25) is 11.8 Å². The summed E-state index contributed by atoms with van der Waals surface area (Å²) in [7, 11) is 0. The number of benzene rings is 1. The van der Waals surface area contributed by atoms with Crippen LogP contribution in [0.4, 0.5) is 13.2 Å². The molecule has 1 aromatic carbocycles. The molecule has 0 bridgehead atoms. The number of hydrogen-bond acceptors (Lipinski definition) is 3. The molecule has 130 valence electrons. The molecule has 1 saturated heterocycles. The minimum atomic E-state index is -4.31. The van der Waals surface area contributed by atoms with Crippen LogP contribution in [-0.2, 0) is 9.59 Å². The average Bonchev–Trinajstić information content (AvgIpc) is 2.52. The van der Waals surface area contributed by atoms with E-state index in [1.54, 1.807) is 15.9 Å². The Labute approximate surface area is 142 Å². The van der Waals surface area contributed by atoms with Crippen LogP contribution < -0.4 is 0 Å². The maximum atomic E-state index is 12.3. The van der Waals surface area contributed by atoms with E-state index in [4.69, 9.17) is 0 Å². The molecule has 0 spiro atoms. The highest BCUT2D eigenvalue weighted by Gasteiger charge is 2.29. The third-order valence-electron chi connectivity index (χ3n) is 3.57. The lowest BCUT2D eigenvalue weighted by Crippen LogP contribution is -2.49. The molecule has 1 aromatic rings. The van der Waals surface area contributed by atoms with Crippen molar-refractivity contribution in [3.63, 3.8) is 0 Å². The van der Waals surface area contributed by atoms with Crippen molar-refractivity contribution < 1.29 is 22.8 Å². The van der Waals surface area contributed by atoms with Crippen molar-refractivity contribution in [1.82, 2.24) is 9.80 Å². The summed E-state index contributed by atoms with van der Waals surface area (Å²) in [5, 5.41) is 0. The molecule has 0 aromatic heterocycles. The SMILES string of the molecule is CC(=O)N1CCN(C(=O)/C=C/c2ccc(SC(F)(F)F)cc2)CC1. The lowest BCUT2D eigenvalue weighted by molar-refractivity contribution is -0.135. The summed E-state index contributed by atoms with van der Waals surface area (Å²) in [6.45, 7) is 3.47. The summed E-state index contributed by atoms with van der Waals surface area (Å²) in [4.78, 5) is 26.8. The van der Waals surface area contributed by atoms with Crippen LogP contribution in [0.25, 0.3) is 6.08 Å². The van der Waals surface area contributed by atoms with E-state index < -0.39 is 5.51 Å². The zero-order valence-corrected chi connectivity index (χ0v) is 13.9. The topological polar surface area (TPSA) is 40.6 Å². The van der Waals surface area contributed by atoms with Crippen molar-refractivity contribution in [3.8, 4) is 0 Å². The molecule has 1 aliphatic heterocycles. The Morgan fingerprint density at radius 3 is 2.08 bits per heavy atom. The molecule has 0 aliphatic carbocycles. The molecule has 24 heavy (non-hydrogen) atoms. The summed E-state index contributed by atoms with van der Waals surface area (Å²) in [6.07, 6.45) is 2.97. The smallest absolute Gasteiger partial charge is 0.339 e. The molecule has 4 nitrogen and oxygen atoms in total. The number of piperazine rings is 1. The van der Waals surface area contributed by atoms with Gasteiger partial charge in [0.15, 0.2) is 0 Å². The van der Waals surface area contributed by atoms with Crippen LogP contribution in [0.15, 0.2) is 35.2 Å². The van der Waals surface area contributed by atoms with Gasteiger partial charge in [-0.1, -0.05) is 12.1 Å². The molecular weight excluding hydrogens is 341 g/mol. The number of nitrogens with zero attached hydrogens (tertiary/aromatic N) is 2. The van der Waals surface area contributed by atoms with Crippen molar-refractivity contribution in [2.75, 3.05) is 26.2 Å². The van der Waals surface area contributed by atoms with Gasteiger partial charge in [0.25, 0.3) is 0 Å². The summed E-state index contributed by atoms with van der Waals surface area (Å²) >= 11 is -0.172. The number of amides is 2. The monoisotopic (exact) mass is 358 g/mol. The number of thioether (sulfide) groups is 1. The van der Waals surface area contributed by atoms with E-state index >= 15 is 0 Å². The summed E-state index contributed by atoms with van der Waals surface area (Å²) in [5.41, 5.74) is -3.66. The zero-order chi connectivity index (χ0) is 17.7. The molecule has 1 heterocycles. The molecule has 8 heteroatoms. The van der Waals surface area contributed by atoms with E-state index in [0.29, 0.717) is 31.7 Å². The van der Waals surface area contributed by atoms with Crippen molar-refractivity contribution in [2.24, 2.45) is 0 Å². The summed E-state index contributed by atoms with van der Waals surface area (Å²) in [5.74, 6) is -0.179. The molecule has 0 radical (unpaired) electrons. The maximum Gasteiger partial charge on any atom is 0.446 e. The Hall–Kier alpha value is -1.96. The second kappa shape index (κ2) is 7.74. The molecule has 0 N–H and O–H groups in total. The number of rotatable bonds is 3. The standard InChI is InChI=1S/C16H17F3N2O2S/c1-12(22)20-8-10-21(11-9-20)15(23)7-4-13-2-5-14(6-3-13)24-16(17,18)19/h2-7H,8-11H2,1H3/b7-4+. The lowest BCUT2D eigenvalue weighted by atomic mass is 10.2. The number of hydrogen-bond donors (Lipinski definition) is 0. The van der Waals surface area contributed by atoms with Crippen molar-refractivity contribution in [1.29, 1.82) is 0 Å². The number of halogens is 3. The highest BCUT2D eigenvalue weighted by Crippen LogP contribution is 2.36. The fraction of sp³-hybridized carbons (Fsp3) is 0.375. The van der Waals surface area contributed by atoms with E-state index in [1.807, 2.05) is 0 Å². The molecule has 0 saturated carbocycles. The first-order valence-electron chi connectivity index (χ1n) is 7.33. The first-order chi connectivity index (χ1) is 11.2. The first-order valence-corrected chi connectivity index (χ1v) is 8.14. The number of carbonyl (C=O) groups excluding carboxylic acids is 2. The van der Waals surface area contributed by atoms with Crippen LogP contribution in [0, 0.1) is 0 Å². The molecule has 2 amide bonds. The quantitative estimate of drug-likeness (QED) is 0.616. The van der Waals surface area contributed by atoms with Crippen LogP contribution in [0.1, 0.15) is 12.5 Å². The van der Waals surface area contributed by atoms with E-state index in [9.17, 15) is 22.8 Å². The Bertz CT molecular complexity index is 621. The molecule has 1 fully saturated rings. The second-order valence-corrected chi connectivity index (χ2v) is 6.42. The zero-order valence-electron chi connectivity index (χ0n) is 13.0.